The van der Waals surface area contributed by atoms with E-state index in [9.17, 15) is 4.57 Å². The molecule has 23 heavy (non-hydrogen) atoms. The number of benzene rings is 2. The first-order valence-electron chi connectivity index (χ1n) is 6.90. The van der Waals surface area contributed by atoms with Gasteiger partial charge in [-0.3, -0.25) is 9.05 Å². The second kappa shape index (κ2) is 6.72. The lowest BCUT2D eigenvalue weighted by atomic mass is 10.2. The van der Waals surface area contributed by atoms with Crippen LogP contribution in [-0.4, -0.2) is 14.2 Å². The van der Waals surface area contributed by atoms with E-state index >= 15 is 0 Å². The number of phosphoric acid groups is 1. The van der Waals surface area contributed by atoms with E-state index in [1.54, 1.807) is 0 Å². The quantitative estimate of drug-likeness (QED) is 0.602. The van der Waals surface area contributed by atoms with Crippen LogP contribution in [0.2, 0.25) is 0 Å². The molecule has 5 nitrogen and oxygen atoms in total. The first-order valence-corrected chi connectivity index (χ1v) is 9.17. The third-order valence-electron chi connectivity index (χ3n) is 3.23. The number of fused-ring (bicyclic) bond motifs is 1. The normalized spacial score (nSPS) is 11.6. The Morgan fingerprint density at radius 2 is 1.61 bits per heavy atom. The topological polar surface area (TPSA) is 56.8 Å². The van der Waals surface area contributed by atoms with Crippen LogP contribution in [0, 0.1) is 0 Å². The van der Waals surface area contributed by atoms with Gasteiger partial charge in [-0.2, -0.15) is 0 Å². The lowest BCUT2D eigenvalue weighted by Gasteiger charge is -2.15. The minimum Gasteiger partial charge on any atom is -0.400 e. The monoisotopic (exact) mass is 349 g/mol. The Morgan fingerprint density at radius 3 is 2.30 bits per heavy atom. The average Bonchev–Trinajstić information content (AvgIpc) is 2.93. The maximum atomic E-state index is 12.4. The highest BCUT2D eigenvalue weighted by Gasteiger charge is 2.28. The zero-order valence-corrected chi connectivity index (χ0v) is 14.4. The molecule has 3 rings (SSSR count). The highest BCUT2D eigenvalue weighted by Crippen LogP contribution is 2.54. The average molecular weight is 349 g/mol. The van der Waals surface area contributed by atoms with E-state index in [4.69, 9.17) is 13.6 Å². The van der Waals surface area contributed by atoms with E-state index in [2.05, 4.69) is 5.32 Å². The van der Waals surface area contributed by atoms with Crippen LogP contribution in [0.5, 0.6) is 5.75 Å². The molecule has 0 unspecified atom stereocenters. The molecule has 1 heterocycles. The van der Waals surface area contributed by atoms with Crippen LogP contribution in [0.3, 0.4) is 0 Å². The molecule has 1 aromatic heterocycles. The Hall–Kier alpha value is -1.85. The predicted octanol–water partition coefficient (Wildman–Crippen LogP) is 5.42. The van der Waals surface area contributed by atoms with E-state index in [0.29, 0.717) is 5.75 Å². The molecular formula is C16H16NO4PS. The fourth-order valence-corrected chi connectivity index (χ4v) is 3.93. The number of hydrogen-bond donors (Lipinski definition) is 1. The molecule has 0 aliphatic rings. The molecule has 0 atom stereocenters. The maximum Gasteiger partial charge on any atom is 0.529 e. The van der Waals surface area contributed by atoms with Crippen molar-refractivity contribution in [3.05, 3.63) is 54.6 Å². The Kier molecular flexibility index (Phi) is 4.68. The standard InChI is InChI=1S/C16H16NO4PS/c1-19-22(18,20-2)21-15-13-10-6-7-11-14(13)23-16(15)17-12-8-4-3-5-9-12/h3-11,17H,1-2H3. The van der Waals surface area contributed by atoms with Crippen molar-refractivity contribution >= 4 is 39.9 Å². The minimum atomic E-state index is -3.64. The van der Waals surface area contributed by atoms with Gasteiger partial charge in [0.1, 0.15) is 5.00 Å². The van der Waals surface area contributed by atoms with E-state index in [0.717, 1.165) is 20.8 Å². The van der Waals surface area contributed by atoms with Crippen molar-refractivity contribution in [3.63, 3.8) is 0 Å². The highest BCUT2D eigenvalue weighted by molar-refractivity contribution is 7.49. The fourth-order valence-electron chi connectivity index (χ4n) is 2.11. The molecule has 2 aromatic carbocycles. The van der Waals surface area contributed by atoms with E-state index in [1.807, 2.05) is 54.6 Å². The van der Waals surface area contributed by atoms with Gasteiger partial charge in [0, 0.05) is 30.0 Å². The first-order chi connectivity index (χ1) is 11.1. The number of thiophene rings is 1. The number of anilines is 2. The van der Waals surface area contributed by atoms with Gasteiger partial charge in [0.05, 0.1) is 0 Å². The van der Waals surface area contributed by atoms with Crippen LogP contribution in [0.15, 0.2) is 54.6 Å². The summed E-state index contributed by atoms with van der Waals surface area (Å²) >= 11 is 1.51. The van der Waals surface area contributed by atoms with Crippen molar-refractivity contribution in [1.29, 1.82) is 0 Å². The van der Waals surface area contributed by atoms with Gasteiger partial charge in [0.15, 0.2) is 5.75 Å². The number of nitrogens with one attached hydrogen (secondary N) is 1. The van der Waals surface area contributed by atoms with Crippen molar-refractivity contribution in [3.8, 4) is 5.75 Å². The third-order valence-corrected chi connectivity index (χ3v) is 5.60. The Morgan fingerprint density at radius 1 is 0.957 bits per heavy atom. The number of phosphoric ester groups is 1. The molecule has 0 spiro atoms. The van der Waals surface area contributed by atoms with Crippen LogP contribution in [-0.2, 0) is 13.6 Å². The van der Waals surface area contributed by atoms with Gasteiger partial charge in [-0.25, -0.2) is 4.57 Å². The molecule has 0 bridgehead atoms. The largest absolute Gasteiger partial charge is 0.529 e. The summed E-state index contributed by atoms with van der Waals surface area (Å²) in [4.78, 5) is 0. The molecule has 0 aliphatic carbocycles. The number of hydrogen-bond acceptors (Lipinski definition) is 6. The zero-order chi connectivity index (χ0) is 16.3. The summed E-state index contributed by atoms with van der Waals surface area (Å²) in [5.41, 5.74) is 0.911. The van der Waals surface area contributed by atoms with Gasteiger partial charge in [-0.05, 0) is 24.3 Å². The molecule has 120 valence electrons. The van der Waals surface area contributed by atoms with Crippen LogP contribution in [0.25, 0.3) is 10.1 Å². The van der Waals surface area contributed by atoms with Crippen LogP contribution < -0.4 is 9.84 Å². The van der Waals surface area contributed by atoms with Crippen molar-refractivity contribution in [2.24, 2.45) is 0 Å². The second-order valence-electron chi connectivity index (χ2n) is 4.65. The third kappa shape index (κ3) is 3.41. The van der Waals surface area contributed by atoms with E-state index in [-0.39, 0.29) is 0 Å². The Labute approximate surface area is 138 Å². The lowest BCUT2D eigenvalue weighted by molar-refractivity contribution is 0.212. The molecule has 0 fully saturated rings. The molecule has 0 saturated carbocycles. The smallest absolute Gasteiger partial charge is 0.400 e. The van der Waals surface area contributed by atoms with Crippen LogP contribution in [0.1, 0.15) is 0 Å². The molecule has 0 saturated heterocycles. The fraction of sp³-hybridized carbons (Fsp3) is 0.125. The Bertz CT molecular complexity index is 842. The SMILES string of the molecule is COP(=O)(OC)Oc1c(Nc2ccccc2)sc2ccccc12. The molecule has 1 N–H and O–H groups in total. The predicted molar refractivity (Wildman–Crippen MR) is 93.8 cm³/mol. The van der Waals surface area contributed by atoms with Gasteiger partial charge < -0.3 is 9.84 Å². The maximum absolute atomic E-state index is 12.4. The Balaban J connectivity index is 2.06. The molecule has 0 amide bonds. The summed E-state index contributed by atoms with van der Waals surface area (Å²) in [5.74, 6) is 0.460. The molecule has 3 aromatic rings. The summed E-state index contributed by atoms with van der Waals surface area (Å²) in [6.07, 6.45) is 0. The molecule has 0 aliphatic heterocycles. The summed E-state index contributed by atoms with van der Waals surface area (Å²) in [5, 5.41) is 4.89. The van der Waals surface area contributed by atoms with Gasteiger partial charge in [-0.1, -0.05) is 30.3 Å². The number of para-hydroxylation sites is 1. The number of rotatable bonds is 6. The van der Waals surface area contributed by atoms with Crippen molar-refractivity contribution < 1.29 is 18.1 Å². The van der Waals surface area contributed by atoms with Crippen molar-refractivity contribution in [2.45, 2.75) is 0 Å². The summed E-state index contributed by atoms with van der Waals surface area (Å²) in [7, 11) is -1.05. The molecule has 0 radical (unpaired) electrons. The summed E-state index contributed by atoms with van der Waals surface area (Å²) in [6.45, 7) is 0. The zero-order valence-electron chi connectivity index (χ0n) is 12.7. The van der Waals surface area contributed by atoms with Crippen molar-refractivity contribution in [1.82, 2.24) is 0 Å². The van der Waals surface area contributed by atoms with Gasteiger partial charge in [0.2, 0.25) is 0 Å². The van der Waals surface area contributed by atoms with Crippen LogP contribution >= 0.6 is 19.2 Å². The lowest BCUT2D eigenvalue weighted by Crippen LogP contribution is -1.98. The van der Waals surface area contributed by atoms with Gasteiger partial charge in [-0.15, -0.1) is 11.3 Å². The van der Waals surface area contributed by atoms with E-state index < -0.39 is 7.82 Å². The second-order valence-corrected chi connectivity index (χ2v) is 7.51. The van der Waals surface area contributed by atoms with Gasteiger partial charge >= 0.3 is 7.82 Å². The minimum absolute atomic E-state index is 0.460. The molecular weight excluding hydrogens is 333 g/mol. The highest BCUT2D eigenvalue weighted by atomic mass is 32.1. The first kappa shape index (κ1) is 16.0. The van der Waals surface area contributed by atoms with Gasteiger partial charge in [0.25, 0.3) is 0 Å². The van der Waals surface area contributed by atoms with E-state index in [1.165, 1.54) is 25.6 Å². The summed E-state index contributed by atoms with van der Waals surface area (Å²) < 4.78 is 28.8. The van der Waals surface area contributed by atoms with Crippen LogP contribution in [0.4, 0.5) is 10.7 Å². The summed E-state index contributed by atoms with van der Waals surface area (Å²) in [6, 6.07) is 17.4. The molecule has 7 heteroatoms. The van der Waals surface area contributed by atoms with Crippen molar-refractivity contribution in [2.75, 3.05) is 19.5 Å².